The van der Waals surface area contributed by atoms with Gasteiger partial charge in [-0.05, 0) is 42.5 Å². The lowest BCUT2D eigenvalue weighted by atomic mass is 9.67. The van der Waals surface area contributed by atoms with Crippen LogP contribution in [0.15, 0.2) is 48.8 Å². The average molecular weight is 282 g/mol. The fourth-order valence-electron chi connectivity index (χ4n) is 3.38. The van der Waals surface area contributed by atoms with E-state index in [4.69, 9.17) is 10.5 Å². The molecule has 1 unspecified atom stereocenters. The van der Waals surface area contributed by atoms with Crippen LogP contribution in [-0.4, -0.2) is 18.2 Å². The minimum atomic E-state index is -0.0622. The van der Waals surface area contributed by atoms with Crippen molar-refractivity contribution in [1.82, 2.24) is 4.98 Å². The monoisotopic (exact) mass is 282 g/mol. The molecule has 2 aromatic rings. The molecule has 2 N–H and O–H groups in total. The van der Waals surface area contributed by atoms with Gasteiger partial charge in [-0.3, -0.25) is 4.98 Å². The van der Waals surface area contributed by atoms with Crippen LogP contribution in [0, 0.1) is 6.92 Å². The molecule has 1 fully saturated rings. The highest BCUT2D eigenvalue weighted by atomic mass is 16.5. The summed E-state index contributed by atoms with van der Waals surface area (Å²) in [6, 6.07) is 12.6. The maximum Gasteiger partial charge on any atom is 0.0475 e. The Kier molecular flexibility index (Phi) is 4.04. The average Bonchev–Trinajstić information content (AvgIpc) is 2.56. The van der Waals surface area contributed by atoms with Crippen molar-refractivity contribution in [2.45, 2.75) is 31.2 Å². The third-order valence-electron chi connectivity index (χ3n) is 4.74. The molecule has 1 aliphatic rings. The van der Waals surface area contributed by atoms with E-state index < -0.39 is 0 Å². The zero-order valence-electron chi connectivity index (χ0n) is 12.5. The van der Waals surface area contributed by atoms with Crippen LogP contribution in [0.2, 0.25) is 0 Å². The van der Waals surface area contributed by atoms with Gasteiger partial charge in [0.2, 0.25) is 0 Å². The fourth-order valence-corrected chi connectivity index (χ4v) is 3.38. The standard InChI is InChI=1S/C18H22N2O/c1-14-7-10-20-13-16(14)17(19)18(8-11-21-12-9-18)15-5-3-2-4-6-15/h2-7,10,13,17H,8-9,11-12,19H2,1H3. The minimum Gasteiger partial charge on any atom is -0.381 e. The quantitative estimate of drug-likeness (QED) is 0.941. The van der Waals surface area contributed by atoms with E-state index in [2.05, 4.69) is 42.2 Å². The number of hydrogen-bond donors (Lipinski definition) is 1. The Labute approximate surface area is 126 Å². The summed E-state index contributed by atoms with van der Waals surface area (Å²) in [6.07, 6.45) is 5.64. The highest BCUT2D eigenvalue weighted by Crippen LogP contribution is 2.44. The molecule has 0 spiro atoms. The third kappa shape index (κ3) is 2.59. The van der Waals surface area contributed by atoms with Gasteiger partial charge in [0.25, 0.3) is 0 Å². The Morgan fingerprint density at radius 3 is 2.52 bits per heavy atom. The van der Waals surface area contributed by atoms with E-state index in [1.165, 1.54) is 11.1 Å². The van der Waals surface area contributed by atoms with Gasteiger partial charge in [0.1, 0.15) is 0 Å². The first-order valence-corrected chi connectivity index (χ1v) is 7.53. The van der Waals surface area contributed by atoms with Gasteiger partial charge in [-0.1, -0.05) is 30.3 Å². The summed E-state index contributed by atoms with van der Waals surface area (Å²) >= 11 is 0. The number of rotatable bonds is 3. The van der Waals surface area contributed by atoms with Gasteiger partial charge < -0.3 is 10.5 Å². The Hall–Kier alpha value is -1.71. The van der Waals surface area contributed by atoms with Gasteiger partial charge in [0.15, 0.2) is 0 Å². The molecule has 1 aromatic heterocycles. The van der Waals surface area contributed by atoms with E-state index in [1.807, 2.05) is 18.5 Å². The van der Waals surface area contributed by atoms with Crippen molar-refractivity contribution < 1.29 is 4.74 Å². The van der Waals surface area contributed by atoms with Gasteiger partial charge in [-0.2, -0.15) is 0 Å². The molecule has 1 aromatic carbocycles. The van der Waals surface area contributed by atoms with Crippen molar-refractivity contribution in [2.75, 3.05) is 13.2 Å². The van der Waals surface area contributed by atoms with Crippen molar-refractivity contribution in [3.8, 4) is 0 Å². The van der Waals surface area contributed by atoms with Crippen LogP contribution in [0.3, 0.4) is 0 Å². The smallest absolute Gasteiger partial charge is 0.0475 e. The summed E-state index contributed by atoms with van der Waals surface area (Å²) in [6.45, 7) is 3.64. The number of nitrogens with zero attached hydrogens (tertiary/aromatic N) is 1. The SMILES string of the molecule is Cc1ccncc1C(N)C1(c2ccccc2)CCOCC1. The third-order valence-corrected chi connectivity index (χ3v) is 4.74. The van der Waals surface area contributed by atoms with Gasteiger partial charge in [0, 0.05) is 37.1 Å². The maximum atomic E-state index is 6.74. The Morgan fingerprint density at radius 2 is 1.86 bits per heavy atom. The second-order valence-electron chi connectivity index (χ2n) is 5.84. The summed E-state index contributed by atoms with van der Waals surface area (Å²) in [5.41, 5.74) is 10.3. The van der Waals surface area contributed by atoms with Crippen LogP contribution in [0.1, 0.15) is 35.6 Å². The van der Waals surface area contributed by atoms with Crippen molar-refractivity contribution in [2.24, 2.45) is 5.73 Å². The number of ether oxygens (including phenoxy) is 1. The normalized spacial score (nSPS) is 19.1. The van der Waals surface area contributed by atoms with E-state index in [1.54, 1.807) is 0 Å². The van der Waals surface area contributed by atoms with Crippen molar-refractivity contribution in [1.29, 1.82) is 0 Å². The van der Waals surface area contributed by atoms with Crippen molar-refractivity contribution in [3.63, 3.8) is 0 Å². The zero-order chi connectivity index (χ0) is 14.7. The largest absolute Gasteiger partial charge is 0.381 e. The van der Waals surface area contributed by atoms with Crippen molar-refractivity contribution in [3.05, 3.63) is 65.5 Å². The summed E-state index contributed by atoms with van der Waals surface area (Å²) < 4.78 is 5.59. The molecule has 0 aliphatic carbocycles. The molecule has 1 aliphatic heterocycles. The van der Waals surface area contributed by atoms with E-state index in [0.717, 1.165) is 31.6 Å². The molecule has 110 valence electrons. The lowest BCUT2D eigenvalue weighted by Gasteiger charge is -2.43. The number of aromatic nitrogens is 1. The maximum absolute atomic E-state index is 6.74. The molecular formula is C18H22N2O. The minimum absolute atomic E-state index is 0.0579. The van der Waals surface area contributed by atoms with Gasteiger partial charge in [-0.15, -0.1) is 0 Å². The second kappa shape index (κ2) is 5.96. The summed E-state index contributed by atoms with van der Waals surface area (Å²) in [5.74, 6) is 0. The Bertz CT molecular complexity index is 591. The molecule has 3 rings (SSSR count). The number of nitrogens with two attached hydrogens (primary N) is 1. The predicted molar refractivity (Wildman–Crippen MR) is 84.1 cm³/mol. The molecule has 2 heterocycles. The van der Waals surface area contributed by atoms with E-state index in [9.17, 15) is 0 Å². The molecule has 0 amide bonds. The van der Waals surface area contributed by atoms with Gasteiger partial charge in [0.05, 0.1) is 0 Å². The van der Waals surface area contributed by atoms with Crippen LogP contribution in [-0.2, 0) is 10.2 Å². The summed E-state index contributed by atoms with van der Waals surface area (Å²) in [5, 5.41) is 0. The Morgan fingerprint density at radius 1 is 1.14 bits per heavy atom. The molecule has 3 nitrogen and oxygen atoms in total. The van der Waals surface area contributed by atoms with Crippen LogP contribution >= 0.6 is 0 Å². The fraction of sp³-hybridized carbons (Fsp3) is 0.389. The van der Waals surface area contributed by atoms with Crippen LogP contribution < -0.4 is 5.73 Å². The van der Waals surface area contributed by atoms with Gasteiger partial charge in [-0.25, -0.2) is 0 Å². The molecule has 1 atom stereocenters. The number of aryl methyl sites for hydroxylation is 1. The van der Waals surface area contributed by atoms with Crippen molar-refractivity contribution >= 4 is 0 Å². The molecule has 1 saturated heterocycles. The summed E-state index contributed by atoms with van der Waals surface area (Å²) in [7, 11) is 0. The van der Waals surface area contributed by atoms with Crippen LogP contribution in [0.25, 0.3) is 0 Å². The first kappa shape index (κ1) is 14.2. The first-order valence-electron chi connectivity index (χ1n) is 7.53. The first-order chi connectivity index (χ1) is 10.2. The number of benzene rings is 1. The number of pyridine rings is 1. The van der Waals surface area contributed by atoms with E-state index in [-0.39, 0.29) is 11.5 Å². The van der Waals surface area contributed by atoms with Crippen LogP contribution in [0.5, 0.6) is 0 Å². The predicted octanol–water partition coefficient (Wildman–Crippen LogP) is 3.14. The van der Waals surface area contributed by atoms with E-state index >= 15 is 0 Å². The lowest BCUT2D eigenvalue weighted by Crippen LogP contribution is -2.43. The van der Waals surface area contributed by atoms with E-state index in [0.29, 0.717) is 0 Å². The molecule has 0 bridgehead atoms. The highest BCUT2D eigenvalue weighted by Gasteiger charge is 2.41. The lowest BCUT2D eigenvalue weighted by molar-refractivity contribution is 0.0396. The molecule has 3 heteroatoms. The van der Waals surface area contributed by atoms with Gasteiger partial charge >= 0.3 is 0 Å². The zero-order valence-corrected chi connectivity index (χ0v) is 12.5. The molecule has 0 saturated carbocycles. The summed E-state index contributed by atoms with van der Waals surface area (Å²) in [4.78, 5) is 4.27. The number of hydrogen-bond acceptors (Lipinski definition) is 3. The molecular weight excluding hydrogens is 260 g/mol. The highest BCUT2D eigenvalue weighted by molar-refractivity contribution is 5.35. The topological polar surface area (TPSA) is 48.1 Å². The Balaban J connectivity index is 2.06. The molecule has 21 heavy (non-hydrogen) atoms. The second-order valence-corrected chi connectivity index (χ2v) is 5.84. The molecule has 0 radical (unpaired) electrons. The van der Waals surface area contributed by atoms with Crippen LogP contribution in [0.4, 0.5) is 0 Å².